The third kappa shape index (κ3) is 8.81. The smallest absolute Gasteiger partial charge is 0.191 e. The molecule has 1 aromatic heterocycles. The van der Waals surface area contributed by atoms with Gasteiger partial charge in [0.25, 0.3) is 0 Å². The molecule has 0 radical (unpaired) electrons. The minimum atomic E-state index is 0.514. The summed E-state index contributed by atoms with van der Waals surface area (Å²) in [5.74, 6) is 0.791. The van der Waals surface area contributed by atoms with E-state index in [0.717, 1.165) is 31.0 Å². The van der Waals surface area contributed by atoms with Crippen molar-refractivity contribution in [2.45, 2.75) is 13.3 Å². The van der Waals surface area contributed by atoms with Crippen LogP contribution in [0, 0.1) is 0 Å². The Hall–Kier alpha value is -1.37. The summed E-state index contributed by atoms with van der Waals surface area (Å²) in [6.07, 6.45) is 2.65. The summed E-state index contributed by atoms with van der Waals surface area (Å²) in [5.41, 5.74) is 1.13. The first-order valence-corrected chi connectivity index (χ1v) is 7.83. The highest BCUT2D eigenvalue weighted by Gasteiger charge is 1.98. The topological polar surface area (TPSA) is 67.8 Å². The Morgan fingerprint density at radius 1 is 1.27 bits per heavy atom. The molecule has 0 aliphatic rings. The standard InChI is InChI=1S/C15H25ClN4O2/c1-3-17-15(19-8-9-22-11-10-21-2)18-7-6-13-4-5-14(16)20-12-13/h4-5,12H,3,6-11H2,1-2H3,(H2,17,18,19). The lowest BCUT2D eigenvalue weighted by Crippen LogP contribution is -2.38. The molecule has 0 atom stereocenters. The van der Waals surface area contributed by atoms with Crippen molar-refractivity contribution < 1.29 is 9.47 Å². The minimum absolute atomic E-state index is 0.514. The van der Waals surface area contributed by atoms with Crippen molar-refractivity contribution in [2.24, 2.45) is 4.99 Å². The number of rotatable bonds is 10. The van der Waals surface area contributed by atoms with Crippen LogP contribution in [0.15, 0.2) is 23.3 Å². The maximum atomic E-state index is 5.76. The third-order valence-electron chi connectivity index (χ3n) is 2.78. The van der Waals surface area contributed by atoms with Gasteiger partial charge < -0.3 is 20.1 Å². The summed E-state index contributed by atoms with van der Waals surface area (Å²) < 4.78 is 10.3. The lowest BCUT2D eigenvalue weighted by Gasteiger charge is -2.11. The van der Waals surface area contributed by atoms with Gasteiger partial charge in [-0.05, 0) is 25.0 Å². The zero-order valence-corrected chi connectivity index (χ0v) is 14.0. The first-order chi connectivity index (χ1) is 10.8. The number of halogens is 1. The second-order valence-electron chi connectivity index (χ2n) is 4.53. The molecule has 0 bridgehead atoms. The zero-order valence-electron chi connectivity index (χ0n) is 13.3. The van der Waals surface area contributed by atoms with Gasteiger partial charge in [-0.15, -0.1) is 0 Å². The van der Waals surface area contributed by atoms with Crippen molar-refractivity contribution in [2.75, 3.05) is 46.6 Å². The number of hydrogen-bond acceptors (Lipinski definition) is 4. The summed E-state index contributed by atoms with van der Waals surface area (Å²) in [6, 6.07) is 3.78. The van der Waals surface area contributed by atoms with Crippen LogP contribution in [0.5, 0.6) is 0 Å². The Balaban J connectivity index is 2.25. The van der Waals surface area contributed by atoms with Gasteiger partial charge in [0.05, 0.1) is 26.4 Å². The van der Waals surface area contributed by atoms with E-state index in [2.05, 4.69) is 20.6 Å². The van der Waals surface area contributed by atoms with Crippen molar-refractivity contribution in [3.8, 4) is 0 Å². The Labute approximate surface area is 137 Å². The van der Waals surface area contributed by atoms with Crippen molar-refractivity contribution in [3.63, 3.8) is 0 Å². The molecule has 0 saturated carbocycles. The Morgan fingerprint density at radius 3 is 2.82 bits per heavy atom. The van der Waals surface area contributed by atoms with E-state index in [0.29, 0.717) is 31.5 Å². The van der Waals surface area contributed by atoms with Crippen LogP contribution in [0.1, 0.15) is 12.5 Å². The second kappa shape index (κ2) is 12.2. The quantitative estimate of drug-likeness (QED) is 0.295. The monoisotopic (exact) mass is 328 g/mol. The van der Waals surface area contributed by atoms with Gasteiger partial charge in [-0.1, -0.05) is 17.7 Å². The molecule has 1 aromatic rings. The van der Waals surface area contributed by atoms with Crippen LogP contribution >= 0.6 is 11.6 Å². The van der Waals surface area contributed by atoms with E-state index in [1.54, 1.807) is 19.4 Å². The molecule has 0 saturated heterocycles. The highest BCUT2D eigenvalue weighted by molar-refractivity contribution is 6.29. The predicted molar refractivity (Wildman–Crippen MR) is 89.6 cm³/mol. The van der Waals surface area contributed by atoms with E-state index < -0.39 is 0 Å². The fourth-order valence-electron chi connectivity index (χ4n) is 1.69. The van der Waals surface area contributed by atoms with Gasteiger partial charge in [0.2, 0.25) is 0 Å². The lowest BCUT2D eigenvalue weighted by atomic mass is 10.2. The van der Waals surface area contributed by atoms with E-state index in [1.165, 1.54) is 0 Å². The number of aromatic nitrogens is 1. The van der Waals surface area contributed by atoms with E-state index in [9.17, 15) is 0 Å². The van der Waals surface area contributed by atoms with Crippen molar-refractivity contribution in [1.29, 1.82) is 0 Å². The van der Waals surface area contributed by atoms with Gasteiger partial charge in [0, 0.05) is 26.4 Å². The van der Waals surface area contributed by atoms with Gasteiger partial charge >= 0.3 is 0 Å². The van der Waals surface area contributed by atoms with Gasteiger partial charge in [-0.25, -0.2) is 4.98 Å². The summed E-state index contributed by atoms with van der Waals surface area (Å²) in [7, 11) is 1.66. The van der Waals surface area contributed by atoms with E-state index in [-0.39, 0.29) is 0 Å². The number of nitrogens with one attached hydrogen (secondary N) is 2. The molecule has 124 valence electrons. The average Bonchev–Trinajstić information content (AvgIpc) is 2.52. The summed E-state index contributed by atoms with van der Waals surface area (Å²) >= 11 is 5.76. The van der Waals surface area contributed by atoms with Gasteiger partial charge in [-0.2, -0.15) is 0 Å². The molecule has 0 fully saturated rings. The highest BCUT2D eigenvalue weighted by atomic mass is 35.5. The normalized spacial score (nSPS) is 11.5. The SMILES string of the molecule is CCNC(=NCCOCCOC)NCCc1ccc(Cl)nc1. The fourth-order valence-corrected chi connectivity index (χ4v) is 1.80. The number of methoxy groups -OCH3 is 1. The molecule has 0 aliphatic heterocycles. The molecule has 7 heteroatoms. The molecule has 0 spiro atoms. The Kier molecular flexibility index (Phi) is 10.4. The highest BCUT2D eigenvalue weighted by Crippen LogP contribution is 2.05. The largest absolute Gasteiger partial charge is 0.382 e. The molecular formula is C15H25ClN4O2. The second-order valence-corrected chi connectivity index (χ2v) is 4.92. The van der Waals surface area contributed by atoms with Crippen molar-refractivity contribution in [1.82, 2.24) is 15.6 Å². The molecule has 0 amide bonds. The maximum Gasteiger partial charge on any atom is 0.191 e. The van der Waals surface area contributed by atoms with Crippen LogP contribution in [-0.4, -0.2) is 57.5 Å². The Morgan fingerprint density at radius 2 is 2.14 bits per heavy atom. The van der Waals surface area contributed by atoms with E-state index in [4.69, 9.17) is 21.1 Å². The number of guanidine groups is 1. The van der Waals surface area contributed by atoms with Gasteiger partial charge in [0.15, 0.2) is 5.96 Å². The average molecular weight is 329 g/mol. The number of ether oxygens (including phenoxy) is 2. The molecule has 0 aromatic carbocycles. The van der Waals surface area contributed by atoms with Crippen molar-refractivity contribution >= 4 is 17.6 Å². The summed E-state index contributed by atoms with van der Waals surface area (Å²) in [6.45, 7) is 6.03. The zero-order chi connectivity index (χ0) is 16.0. The molecule has 0 aliphatic carbocycles. The molecular weight excluding hydrogens is 304 g/mol. The first-order valence-electron chi connectivity index (χ1n) is 7.45. The first kappa shape index (κ1) is 18.7. The van der Waals surface area contributed by atoms with Crippen LogP contribution in [-0.2, 0) is 15.9 Å². The van der Waals surface area contributed by atoms with Crippen LogP contribution < -0.4 is 10.6 Å². The number of pyridine rings is 1. The van der Waals surface area contributed by atoms with Crippen LogP contribution in [0.2, 0.25) is 5.15 Å². The molecule has 6 nitrogen and oxygen atoms in total. The van der Waals surface area contributed by atoms with Gasteiger partial charge in [-0.3, -0.25) is 4.99 Å². The van der Waals surface area contributed by atoms with E-state index >= 15 is 0 Å². The maximum absolute atomic E-state index is 5.76. The molecule has 1 rings (SSSR count). The van der Waals surface area contributed by atoms with E-state index in [1.807, 2.05) is 13.0 Å². The summed E-state index contributed by atoms with van der Waals surface area (Å²) in [5, 5.41) is 7.00. The molecule has 0 unspecified atom stereocenters. The lowest BCUT2D eigenvalue weighted by molar-refractivity contribution is 0.0748. The van der Waals surface area contributed by atoms with Crippen LogP contribution in [0.4, 0.5) is 0 Å². The predicted octanol–water partition coefficient (Wildman–Crippen LogP) is 1.50. The van der Waals surface area contributed by atoms with Crippen LogP contribution in [0.25, 0.3) is 0 Å². The summed E-state index contributed by atoms with van der Waals surface area (Å²) in [4.78, 5) is 8.51. The number of nitrogens with zero attached hydrogens (tertiary/aromatic N) is 2. The minimum Gasteiger partial charge on any atom is -0.382 e. The van der Waals surface area contributed by atoms with Crippen molar-refractivity contribution in [3.05, 3.63) is 29.0 Å². The molecule has 22 heavy (non-hydrogen) atoms. The number of hydrogen-bond donors (Lipinski definition) is 2. The fraction of sp³-hybridized carbons (Fsp3) is 0.600. The van der Waals surface area contributed by atoms with Gasteiger partial charge in [0.1, 0.15) is 5.15 Å². The molecule has 2 N–H and O–H groups in total. The third-order valence-corrected chi connectivity index (χ3v) is 3.00. The molecule has 1 heterocycles. The Bertz CT molecular complexity index is 426. The number of aliphatic imine (C=N–C) groups is 1. The van der Waals surface area contributed by atoms with Crippen LogP contribution in [0.3, 0.4) is 0 Å².